The summed E-state index contributed by atoms with van der Waals surface area (Å²) >= 11 is 0. The monoisotopic (exact) mass is 177 g/mol. The van der Waals surface area contributed by atoms with Crippen LogP contribution in [0.3, 0.4) is 0 Å². The van der Waals surface area contributed by atoms with Crippen LogP contribution in [-0.4, -0.2) is 12.5 Å². The van der Waals surface area contributed by atoms with Crippen LogP contribution in [0.4, 0.5) is 11.4 Å². The summed E-state index contributed by atoms with van der Waals surface area (Å²) in [5.41, 5.74) is 8.16. The highest BCUT2D eigenvalue weighted by Crippen LogP contribution is 2.20. The maximum atomic E-state index is 11.1. The Morgan fingerprint density at radius 3 is 3.00 bits per heavy atom. The molecule has 0 aromatic heterocycles. The molecule has 4 heteroatoms. The SMILES string of the molecule is Nc1ccc2c(c1)NC(=O)CNC2. The Balaban J connectivity index is 2.40. The molecule has 4 N–H and O–H groups in total. The average molecular weight is 177 g/mol. The van der Waals surface area contributed by atoms with Crippen LogP contribution in [0.15, 0.2) is 18.2 Å². The van der Waals surface area contributed by atoms with E-state index in [1.54, 1.807) is 6.07 Å². The minimum atomic E-state index is -0.0237. The number of carbonyl (C=O) groups excluding carboxylic acids is 1. The number of rotatable bonds is 0. The molecular weight excluding hydrogens is 166 g/mol. The number of nitrogens with one attached hydrogen (secondary N) is 2. The number of nitrogens with two attached hydrogens (primary N) is 1. The van der Waals surface area contributed by atoms with Gasteiger partial charge in [0.05, 0.1) is 6.54 Å². The average Bonchev–Trinajstić information content (AvgIpc) is 2.25. The first-order chi connectivity index (χ1) is 6.25. The fraction of sp³-hybridized carbons (Fsp3) is 0.222. The number of benzene rings is 1. The standard InChI is InChI=1S/C9H11N3O/c10-7-2-1-6-4-11-5-9(13)12-8(6)3-7/h1-3,11H,4-5,10H2,(H,12,13). The second kappa shape index (κ2) is 3.06. The molecule has 0 atom stereocenters. The van der Waals surface area contributed by atoms with Gasteiger partial charge in [-0.25, -0.2) is 0 Å². The van der Waals surface area contributed by atoms with Crippen LogP contribution in [0.25, 0.3) is 0 Å². The van der Waals surface area contributed by atoms with Gasteiger partial charge in [-0.2, -0.15) is 0 Å². The summed E-state index contributed by atoms with van der Waals surface area (Å²) in [5, 5.41) is 5.80. The number of carbonyl (C=O) groups is 1. The normalized spacial score (nSPS) is 15.8. The maximum absolute atomic E-state index is 11.1. The van der Waals surface area contributed by atoms with Gasteiger partial charge in [0.15, 0.2) is 0 Å². The lowest BCUT2D eigenvalue weighted by Crippen LogP contribution is -2.23. The van der Waals surface area contributed by atoms with Crippen molar-refractivity contribution >= 4 is 17.3 Å². The number of hydrogen-bond acceptors (Lipinski definition) is 3. The lowest BCUT2D eigenvalue weighted by atomic mass is 10.1. The van der Waals surface area contributed by atoms with Crippen LogP contribution in [-0.2, 0) is 11.3 Å². The first-order valence-electron chi connectivity index (χ1n) is 4.15. The van der Waals surface area contributed by atoms with Crippen LogP contribution in [0.2, 0.25) is 0 Å². The van der Waals surface area contributed by atoms with Crippen LogP contribution in [0.5, 0.6) is 0 Å². The molecular formula is C9H11N3O. The molecule has 0 saturated heterocycles. The van der Waals surface area contributed by atoms with E-state index in [0.717, 1.165) is 11.3 Å². The van der Waals surface area contributed by atoms with Crippen molar-refractivity contribution < 1.29 is 4.79 Å². The Morgan fingerprint density at radius 1 is 1.31 bits per heavy atom. The second-order valence-corrected chi connectivity index (χ2v) is 3.07. The van der Waals surface area contributed by atoms with Crippen molar-refractivity contribution in [3.63, 3.8) is 0 Å². The molecule has 0 unspecified atom stereocenters. The van der Waals surface area contributed by atoms with E-state index in [-0.39, 0.29) is 5.91 Å². The van der Waals surface area contributed by atoms with Gasteiger partial charge in [0.1, 0.15) is 0 Å². The summed E-state index contributed by atoms with van der Waals surface area (Å²) < 4.78 is 0. The van der Waals surface area contributed by atoms with Crippen molar-refractivity contribution in [3.8, 4) is 0 Å². The molecule has 1 amide bonds. The van der Waals surface area contributed by atoms with Crippen LogP contribution in [0, 0.1) is 0 Å². The minimum absolute atomic E-state index is 0.0237. The predicted octanol–water partition coefficient (Wildman–Crippen LogP) is 0.310. The third-order valence-corrected chi connectivity index (χ3v) is 2.01. The number of fused-ring (bicyclic) bond motifs is 1. The lowest BCUT2D eigenvalue weighted by molar-refractivity contribution is -0.115. The first-order valence-corrected chi connectivity index (χ1v) is 4.15. The number of hydrogen-bond donors (Lipinski definition) is 3. The highest BCUT2D eigenvalue weighted by molar-refractivity contribution is 5.94. The Labute approximate surface area is 76.1 Å². The maximum Gasteiger partial charge on any atom is 0.238 e. The largest absolute Gasteiger partial charge is 0.399 e. The van der Waals surface area contributed by atoms with Gasteiger partial charge in [-0.1, -0.05) is 6.07 Å². The summed E-state index contributed by atoms with van der Waals surface area (Å²) in [7, 11) is 0. The predicted molar refractivity (Wildman–Crippen MR) is 51.2 cm³/mol. The molecule has 1 aliphatic heterocycles. The molecule has 1 aromatic carbocycles. The molecule has 0 bridgehead atoms. The second-order valence-electron chi connectivity index (χ2n) is 3.07. The first kappa shape index (κ1) is 8.07. The zero-order valence-electron chi connectivity index (χ0n) is 7.13. The Hall–Kier alpha value is -1.55. The highest BCUT2D eigenvalue weighted by atomic mass is 16.1. The van der Waals surface area contributed by atoms with Gasteiger partial charge < -0.3 is 16.4 Å². The smallest absolute Gasteiger partial charge is 0.238 e. The molecule has 0 fully saturated rings. The minimum Gasteiger partial charge on any atom is -0.399 e. The molecule has 0 radical (unpaired) electrons. The molecule has 68 valence electrons. The van der Waals surface area contributed by atoms with E-state index in [2.05, 4.69) is 10.6 Å². The van der Waals surface area contributed by atoms with Crippen molar-refractivity contribution in [2.75, 3.05) is 17.6 Å². The van der Waals surface area contributed by atoms with Crippen LogP contribution < -0.4 is 16.4 Å². The fourth-order valence-electron chi connectivity index (χ4n) is 1.37. The summed E-state index contributed by atoms with van der Waals surface area (Å²) in [4.78, 5) is 11.1. The fourth-order valence-corrected chi connectivity index (χ4v) is 1.37. The number of amides is 1. The van der Waals surface area contributed by atoms with Gasteiger partial charge in [0.25, 0.3) is 0 Å². The molecule has 0 spiro atoms. The quantitative estimate of drug-likeness (QED) is 0.500. The molecule has 4 nitrogen and oxygen atoms in total. The van der Waals surface area contributed by atoms with Gasteiger partial charge >= 0.3 is 0 Å². The third kappa shape index (κ3) is 1.62. The third-order valence-electron chi connectivity index (χ3n) is 2.01. The van der Waals surface area contributed by atoms with Crippen molar-refractivity contribution in [3.05, 3.63) is 23.8 Å². The molecule has 1 aliphatic rings. The van der Waals surface area contributed by atoms with Gasteiger partial charge in [-0.05, 0) is 17.7 Å². The summed E-state index contributed by atoms with van der Waals surface area (Å²) in [6.07, 6.45) is 0. The van der Waals surface area contributed by atoms with E-state index in [0.29, 0.717) is 18.8 Å². The van der Waals surface area contributed by atoms with Gasteiger partial charge in [-0.3, -0.25) is 4.79 Å². The van der Waals surface area contributed by atoms with E-state index in [4.69, 9.17) is 5.73 Å². The number of nitrogen functional groups attached to an aromatic ring is 1. The molecule has 2 rings (SSSR count). The zero-order valence-corrected chi connectivity index (χ0v) is 7.13. The highest BCUT2D eigenvalue weighted by Gasteiger charge is 2.11. The van der Waals surface area contributed by atoms with E-state index in [9.17, 15) is 4.79 Å². The molecule has 0 saturated carbocycles. The van der Waals surface area contributed by atoms with Crippen molar-refractivity contribution in [1.82, 2.24) is 5.32 Å². The van der Waals surface area contributed by atoms with Crippen molar-refractivity contribution in [1.29, 1.82) is 0 Å². The lowest BCUT2D eigenvalue weighted by Gasteiger charge is -2.06. The van der Waals surface area contributed by atoms with Crippen LogP contribution >= 0.6 is 0 Å². The Bertz CT molecular complexity index is 349. The summed E-state index contributed by atoms with van der Waals surface area (Å²) in [6.45, 7) is 1.06. The van der Waals surface area contributed by atoms with Gasteiger partial charge in [-0.15, -0.1) is 0 Å². The van der Waals surface area contributed by atoms with Crippen molar-refractivity contribution in [2.24, 2.45) is 0 Å². The van der Waals surface area contributed by atoms with E-state index in [1.807, 2.05) is 12.1 Å². The molecule has 1 heterocycles. The van der Waals surface area contributed by atoms with Gasteiger partial charge in [0.2, 0.25) is 5.91 Å². The Kier molecular flexibility index (Phi) is 1.90. The summed E-state index contributed by atoms with van der Waals surface area (Å²) in [5.74, 6) is -0.0237. The Morgan fingerprint density at radius 2 is 2.15 bits per heavy atom. The number of anilines is 2. The van der Waals surface area contributed by atoms with E-state index >= 15 is 0 Å². The topological polar surface area (TPSA) is 67.1 Å². The van der Waals surface area contributed by atoms with Crippen LogP contribution in [0.1, 0.15) is 5.56 Å². The summed E-state index contributed by atoms with van der Waals surface area (Å²) in [6, 6.07) is 5.53. The molecule has 13 heavy (non-hydrogen) atoms. The zero-order chi connectivity index (χ0) is 9.26. The van der Waals surface area contributed by atoms with E-state index in [1.165, 1.54) is 0 Å². The van der Waals surface area contributed by atoms with Gasteiger partial charge in [0, 0.05) is 17.9 Å². The van der Waals surface area contributed by atoms with E-state index < -0.39 is 0 Å². The molecule has 0 aliphatic carbocycles. The van der Waals surface area contributed by atoms with Crippen molar-refractivity contribution in [2.45, 2.75) is 6.54 Å². The molecule has 1 aromatic rings.